The third-order valence-corrected chi connectivity index (χ3v) is 8.20. The zero-order chi connectivity index (χ0) is 26.4. The number of anilines is 2. The molecule has 2 aromatic carbocycles. The first-order valence-corrected chi connectivity index (χ1v) is 14.0. The number of thioether (sulfide) groups is 1. The van der Waals surface area contributed by atoms with E-state index in [2.05, 4.69) is 17.6 Å². The Labute approximate surface area is 224 Å². The van der Waals surface area contributed by atoms with Crippen molar-refractivity contribution in [1.29, 1.82) is 0 Å². The van der Waals surface area contributed by atoms with Crippen LogP contribution in [0, 0.1) is 5.92 Å². The van der Waals surface area contributed by atoms with Crippen molar-refractivity contribution in [1.82, 2.24) is 0 Å². The molecular formula is C28H30N2O5S2. The first-order chi connectivity index (χ1) is 17.9. The highest BCUT2D eigenvalue weighted by Crippen LogP contribution is 2.40. The van der Waals surface area contributed by atoms with Crippen LogP contribution in [0.3, 0.4) is 0 Å². The summed E-state index contributed by atoms with van der Waals surface area (Å²) in [5.74, 6) is 0.493. The molecule has 0 aliphatic heterocycles. The smallest absolute Gasteiger partial charge is 0.341 e. The van der Waals surface area contributed by atoms with E-state index in [1.54, 1.807) is 44.4 Å². The number of ether oxygens (including phenoxy) is 2. The summed E-state index contributed by atoms with van der Waals surface area (Å²) >= 11 is 2.84. The lowest BCUT2D eigenvalue weighted by molar-refractivity contribution is -0.113. The molecule has 0 radical (unpaired) electrons. The molecule has 0 bridgehead atoms. The monoisotopic (exact) mass is 538 g/mol. The molecular weight excluding hydrogens is 508 g/mol. The van der Waals surface area contributed by atoms with E-state index in [1.165, 1.54) is 23.1 Å². The summed E-state index contributed by atoms with van der Waals surface area (Å²) in [5, 5.41) is 6.40. The van der Waals surface area contributed by atoms with Crippen molar-refractivity contribution in [2.45, 2.75) is 38.0 Å². The van der Waals surface area contributed by atoms with Gasteiger partial charge in [0.15, 0.2) is 0 Å². The minimum absolute atomic E-state index is 0.161. The van der Waals surface area contributed by atoms with Gasteiger partial charge in [-0.3, -0.25) is 9.59 Å². The molecule has 1 aromatic heterocycles. The lowest BCUT2D eigenvalue weighted by Gasteiger charge is -2.18. The molecule has 1 unspecified atom stereocenters. The average molecular weight is 539 g/mol. The summed E-state index contributed by atoms with van der Waals surface area (Å²) < 4.78 is 10.5. The summed E-state index contributed by atoms with van der Waals surface area (Å²) in [7, 11) is 1.55. The van der Waals surface area contributed by atoms with Crippen LogP contribution in [0.15, 0.2) is 53.4 Å². The van der Waals surface area contributed by atoms with Crippen molar-refractivity contribution in [2.24, 2.45) is 5.92 Å². The third-order valence-electron chi connectivity index (χ3n) is 6.04. The number of fused-ring (bicyclic) bond motifs is 1. The maximum absolute atomic E-state index is 12.8. The zero-order valence-corrected chi connectivity index (χ0v) is 22.7. The van der Waals surface area contributed by atoms with E-state index in [0.717, 1.165) is 34.6 Å². The summed E-state index contributed by atoms with van der Waals surface area (Å²) in [6, 6.07) is 14.3. The molecule has 194 valence electrons. The van der Waals surface area contributed by atoms with E-state index >= 15 is 0 Å². The molecule has 2 amide bonds. The van der Waals surface area contributed by atoms with Crippen LogP contribution < -0.4 is 15.4 Å². The highest BCUT2D eigenvalue weighted by molar-refractivity contribution is 8.00. The highest BCUT2D eigenvalue weighted by atomic mass is 32.2. The Hall–Kier alpha value is -3.30. The van der Waals surface area contributed by atoms with Crippen LogP contribution in [-0.4, -0.2) is 37.3 Å². The fourth-order valence-electron chi connectivity index (χ4n) is 4.20. The Balaban J connectivity index is 1.40. The Morgan fingerprint density at radius 3 is 2.70 bits per heavy atom. The number of carbonyl (C=O) groups is 3. The van der Waals surface area contributed by atoms with Crippen LogP contribution in [0.25, 0.3) is 0 Å². The lowest BCUT2D eigenvalue weighted by Crippen LogP contribution is -2.17. The minimum Gasteiger partial charge on any atom is -0.497 e. The van der Waals surface area contributed by atoms with Gasteiger partial charge in [0.2, 0.25) is 5.91 Å². The summed E-state index contributed by atoms with van der Waals surface area (Å²) in [4.78, 5) is 40.2. The van der Waals surface area contributed by atoms with Gasteiger partial charge in [0.1, 0.15) is 10.8 Å². The molecule has 0 saturated heterocycles. The van der Waals surface area contributed by atoms with Crippen molar-refractivity contribution < 1.29 is 23.9 Å². The molecule has 0 saturated carbocycles. The fourth-order valence-corrected chi connectivity index (χ4v) is 6.37. The number of nitrogens with one attached hydrogen (secondary N) is 2. The Morgan fingerprint density at radius 1 is 1.11 bits per heavy atom. The third kappa shape index (κ3) is 6.72. The number of thiophene rings is 1. The SMILES string of the molecule is CCOC(=O)c1c(NC(=O)CSc2cccc(NC(=O)c3cccc(OC)c3)c2)sc2c1CCC(C)C2. The number of benzene rings is 2. The molecule has 1 aliphatic rings. The van der Waals surface area contributed by atoms with Crippen LogP contribution in [0.5, 0.6) is 5.75 Å². The molecule has 7 nitrogen and oxygen atoms in total. The number of rotatable bonds is 9. The Morgan fingerprint density at radius 2 is 1.92 bits per heavy atom. The molecule has 0 spiro atoms. The van der Waals surface area contributed by atoms with Crippen molar-refractivity contribution in [3.05, 3.63) is 70.1 Å². The van der Waals surface area contributed by atoms with Gasteiger partial charge < -0.3 is 20.1 Å². The predicted octanol–water partition coefficient (Wildman–Crippen LogP) is 6.04. The number of hydrogen-bond donors (Lipinski definition) is 2. The number of esters is 1. The molecule has 37 heavy (non-hydrogen) atoms. The second-order valence-electron chi connectivity index (χ2n) is 8.83. The fraction of sp³-hybridized carbons (Fsp3) is 0.321. The Kier molecular flexibility index (Phi) is 8.89. The van der Waals surface area contributed by atoms with E-state index in [4.69, 9.17) is 9.47 Å². The van der Waals surface area contributed by atoms with Gasteiger partial charge in [-0.2, -0.15) is 0 Å². The number of amides is 2. The van der Waals surface area contributed by atoms with Crippen molar-refractivity contribution in [2.75, 3.05) is 30.1 Å². The molecule has 1 heterocycles. The molecule has 4 rings (SSSR count). The maximum atomic E-state index is 12.8. The second-order valence-corrected chi connectivity index (χ2v) is 11.0. The van der Waals surface area contributed by atoms with Gasteiger partial charge in [0.05, 0.1) is 25.0 Å². The molecule has 2 N–H and O–H groups in total. The van der Waals surface area contributed by atoms with Gasteiger partial charge in [0.25, 0.3) is 5.91 Å². The first-order valence-electron chi connectivity index (χ1n) is 12.2. The van der Waals surface area contributed by atoms with Crippen molar-refractivity contribution >= 4 is 51.6 Å². The standard InChI is InChI=1S/C28H30N2O5S2/c1-4-35-28(33)25-22-12-11-17(2)13-23(22)37-27(25)30-24(31)16-36-21-10-6-8-19(15-21)29-26(32)18-7-5-9-20(14-18)34-3/h5-10,14-15,17H,4,11-13,16H2,1-3H3,(H,29,32)(H,30,31). The highest BCUT2D eigenvalue weighted by Gasteiger charge is 2.29. The largest absolute Gasteiger partial charge is 0.497 e. The Bertz CT molecular complexity index is 1300. The van der Waals surface area contributed by atoms with E-state index < -0.39 is 0 Å². The quantitative estimate of drug-likeness (QED) is 0.255. The zero-order valence-electron chi connectivity index (χ0n) is 21.1. The minimum atomic E-state index is -0.378. The van der Waals surface area contributed by atoms with Crippen molar-refractivity contribution in [3.8, 4) is 5.75 Å². The van der Waals surface area contributed by atoms with Gasteiger partial charge >= 0.3 is 5.97 Å². The lowest BCUT2D eigenvalue weighted by atomic mass is 9.88. The van der Waals surface area contributed by atoms with E-state index in [-0.39, 0.29) is 30.1 Å². The summed E-state index contributed by atoms with van der Waals surface area (Å²) in [6.45, 7) is 4.27. The van der Waals surface area contributed by atoms with Gasteiger partial charge in [-0.05, 0) is 74.1 Å². The molecule has 1 aliphatic carbocycles. The summed E-state index contributed by atoms with van der Waals surface area (Å²) in [5.41, 5.74) is 2.64. The van der Waals surface area contributed by atoms with Crippen LogP contribution >= 0.6 is 23.1 Å². The van der Waals surface area contributed by atoms with Crippen LogP contribution in [0.2, 0.25) is 0 Å². The maximum Gasteiger partial charge on any atom is 0.341 e. The molecule has 1 atom stereocenters. The average Bonchev–Trinajstić information content (AvgIpc) is 3.24. The normalized spacial score (nSPS) is 14.4. The predicted molar refractivity (Wildman–Crippen MR) is 148 cm³/mol. The van der Waals surface area contributed by atoms with Gasteiger partial charge in [-0.25, -0.2) is 4.79 Å². The van der Waals surface area contributed by atoms with Gasteiger partial charge in [0, 0.05) is 21.0 Å². The van der Waals surface area contributed by atoms with E-state index in [1.807, 2.05) is 18.2 Å². The van der Waals surface area contributed by atoms with E-state index in [0.29, 0.717) is 33.5 Å². The molecule has 9 heteroatoms. The van der Waals surface area contributed by atoms with Crippen molar-refractivity contribution in [3.63, 3.8) is 0 Å². The second kappa shape index (κ2) is 12.3. The van der Waals surface area contributed by atoms with Crippen LogP contribution in [0.1, 0.15) is 51.4 Å². The van der Waals surface area contributed by atoms with Crippen LogP contribution in [-0.2, 0) is 22.4 Å². The summed E-state index contributed by atoms with van der Waals surface area (Å²) in [6.07, 6.45) is 2.75. The van der Waals surface area contributed by atoms with E-state index in [9.17, 15) is 14.4 Å². The topological polar surface area (TPSA) is 93.7 Å². The number of methoxy groups -OCH3 is 1. The number of hydrogen-bond acceptors (Lipinski definition) is 7. The molecule has 3 aromatic rings. The van der Waals surface area contributed by atoms with Crippen LogP contribution in [0.4, 0.5) is 10.7 Å². The molecule has 0 fully saturated rings. The van der Waals surface area contributed by atoms with Gasteiger partial charge in [-0.1, -0.05) is 19.1 Å². The number of carbonyl (C=O) groups excluding carboxylic acids is 3. The van der Waals surface area contributed by atoms with Gasteiger partial charge in [-0.15, -0.1) is 23.1 Å². The first kappa shape index (κ1) is 26.8.